The third-order valence-electron chi connectivity index (χ3n) is 3.27. The second kappa shape index (κ2) is 6.37. The molecule has 1 aromatic rings. The molecule has 1 atom stereocenters. The van der Waals surface area contributed by atoms with Crippen LogP contribution in [0.1, 0.15) is 12.8 Å². The van der Waals surface area contributed by atoms with Gasteiger partial charge in [-0.1, -0.05) is 0 Å². The van der Waals surface area contributed by atoms with Crippen LogP contribution in [0.25, 0.3) is 0 Å². The molecular weight excluding hydrogens is 300 g/mol. The average Bonchev–Trinajstić information content (AvgIpc) is 2.46. The Morgan fingerprint density at radius 3 is 2.86 bits per heavy atom. The van der Waals surface area contributed by atoms with Gasteiger partial charge in [-0.15, -0.1) is 0 Å². The number of aromatic hydroxyl groups is 1. The summed E-state index contributed by atoms with van der Waals surface area (Å²) in [5.74, 6) is -0.472. The number of benzene rings is 1. The van der Waals surface area contributed by atoms with Crippen LogP contribution in [-0.2, 0) is 14.8 Å². The highest BCUT2D eigenvalue weighted by Crippen LogP contribution is 2.28. The predicted octanol–water partition coefficient (Wildman–Crippen LogP) is 1.01. The average molecular weight is 316 g/mol. The molecular formula is C12H16N2O6S. The highest BCUT2D eigenvalue weighted by Gasteiger charge is 2.23. The molecule has 0 radical (unpaired) electrons. The second-order valence-corrected chi connectivity index (χ2v) is 6.61. The minimum atomic E-state index is -3.85. The number of hydrogen-bond acceptors (Lipinski definition) is 6. The molecule has 1 fully saturated rings. The van der Waals surface area contributed by atoms with Crippen LogP contribution in [0.3, 0.4) is 0 Å². The first kappa shape index (κ1) is 15.7. The smallest absolute Gasteiger partial charge is 0.312 e. The molecule has 116 valence electrons. The van der Waals surface area contributed by atoms with Gasteiger partial charge in [0.15, 0.2) is 5.75 Å². The van der Waals surface area contributed by atoms with E-state index in [0.717, 1.165) is 31.0 Å². The van der Waals surface area contributed by atoms with Crippen LogP contribution in [-0.4, -0.2) is 38.2 Å². The van der Waals surface area contributed by atoms with E-state index in [1.54, 1.807) is 0 Å². The van der Waals surface area contributed by atoms with Crippen LogP contribution in [0.2, 0.25) is 0 Å². The highest BCUT2D eigenvalue weighted by molar-refractivity contribution is 7.89. The molecule has 2 rings (SSSR count). The van der Waals surface area contributed by atoms with Gasteiger partial charge in [-0.2, -0.15) is 0 Å². The lowest BCUT2D eigenvalue weighted by atomic mass is 10.0. The summed E-state index contributed by atoms with van der Waals surface area (Å²) in [6.07, 6.45) is 1.76. The van der Waals surface area contributed by atoms with Crippen molar-refractivity contribution in [1.29, 1.82) is 0 Å². The fourth-order valence-electron chi connectivity index (χ4n) is 2.10. The Morgan fingerprint density at radius 1 is 1.48 bits per heavy atom. The van der Waals surface area contributed by atoms with Crippen molar-refractivity contribution >= 4 is 15.7 Å². The van der Waals surface area contributed by atoms with Crippen molar-refractivity contribution in [1.82, 2.24) is 4.72 Å². The fraction of sp³-hybridized carbons (Fsp3) is 0.500. The van der Waals surface area contributed by atoms with Crippen molar-refractivity contribution in [3.63, 3.8) is 0 Å². The Kier molecular flexibility index (Phi) is 4.76. The molecule has 1 aromatic carbocycles. The minimum Gasteiger partial charge on any atom is -0.502 e. The van der Waals surface area contributed by atoms with Crippen molar-refractivity contribution in [3.8, 4) is 5.75 Å². The maximum absolute atomic E-state index is 12.1. The molecule has 0 aliphatic carbocycles. The maximum atomic E-state index is 12.1. The molecule has 1 saturated heterocycles. The summed E-state index contributed by atoms with van der Waals surface area (Å²) in [7, 11) is -3.85. The zero-order valence-electron chi connectivity index (χ0n) is 11.2. The summed E-state index contributed by atoms with van der Waals surface area (Å²) in [4.78, 5) is 9.64. The molecule has 1 heterocycles. The van der Waals surface area contributed by atoms with Crippen LogP contribution >= 0.6 is 0 Å². The zero-order chi connectivity index (χ0) is 15.5. The van der Waals surface area contributed by atoms with E-state index in [2.05, 4.69) is 4.72 Å². The molecule has 2 N–H and O–H groups in total. The van der Waals surface area contributed by atoms with E-state index < -0.39 is 26.4 Å². The van der Waals surface area contributed by atoms with Gasteiger partial charge in [0.1, 0.15) is 0 Å². The van der Waals surface area contributed by atoms with Crippen LogP contribution in [0, 0.1) is 16.0 Å². The molecule has 8 nitrogen and oxygen atoms in total. The highest BCUT2D eigenvalue weighted by atomic mass is 32.2. The Labute approximate surface area is 121 Å². The minimum absolute atomic E-state index is 0.0978. The predicted molar refractivity (Wildman–Crippen MR) is 73.5 cm³/mol. The monoisotopic (exact) mass is 316 g/mol. The van der Waals surface area contributed by atoms with Crippen molar-refractivity contribution in [3.05, 3.63) is 28.3 Å². The van der Waals surface area contributed by atoms with Gasteiger partial charge in [-0.25, -0.2) is 13.1 Å². The first-order chi connectivity index (χ1) is 9.90. The Morgan fingerprint density at radius 2 is 2.24 bits per heavy atom. The van der Waals surface area contributed by atoms with Crippen molar-refractivity contribution in [2.75, 3.05) is 19.8 Å². The molecule has 21 heavy (non-hydrogen) atoms. The maximum Gasteiger partial charge on any atom is 0.312 e. The number of nitro benzene ring substituents is 1. The van der Waals surface area contributed by atoms with Gasteiger partial charge < -0.3 is 9.84 Å². The van der Waals surface area contributed by atoms with Crippen molar-refractivity contribution in [2.24, 2.45) is 5.92 Å². The first-order valence-electron chi connectivity index (χ1n) is 6.45. The summed E-state index contributed by atoms with van der Waals surface area (Å²) in [5.41, 5.74) is -0.640. The van der Waals surface area contributed by atoms with E-state index in [4.69, 9.17) is 4.74 Å². The summed E-state index contributed by atoms with van der Waals surface area (Å²) >= 11 is 0. The SMILES string of the molecule is O=[N+]([O-])c1cc(S(=O)(=O)NCC2CCCOC2)ccc1O. The van der Waals surface area contributed by atoms with Gasteiger partial charge in [0.2, 0.25) is 10.0 Å². The van der Waals surface area contributed by atoms with Crippen LogP contribution in [0.4, 0.5) is 5.69 Å². The van der Waals surface area contributed by atoms with Crippen LogP contribution in [0.15, 0.2) is 23.1 Å². The van der Waals surface area contributed by atoms with Crippen molar-refractivity contribution in [2.45, 2.75) is 17.7 Å². The number of nitro groups is 1. The molecule has 1 aliphatic rings. The van der Waals surface area contributed by atoms with E-state index in [0.29, 0.717) is 13.2 Å². The van der Waals surface area contributed by atoms with E-state index in [-0.39, 0.29) is 17.4 Å². The Bertz CT molecular complexity index is 625. The molecule has 0 spiro atoms. The second-order valence-electron chi connectivity index (χ2n) is 4.84. The number of ether oxygens (including phenoxy) is 1. The van der Waals surface area contributed by atoms with E-state index >= 15 is 0 Å². The van der Waals surface area contributed by atoms with Gasteiger partial charge >= 0.3 is 5.69 Å². The topological polar surface area (TPSA) is 119 Å². The van der Waals surface area contributed by atoms with Gasteiger partial charge in [-0.3, -0.25) is 10.1 Å². The molecule has 9 heteroatoms. The van der Waals surface area contributed by atoms with Crippen LogP contribution in [0.5, 0.6) is 5.75 Å². The number of phenols is 1. The lowest BCUT2D eigenvalue weighted by Crippen LogP contribution is -2.33. The lowest BCUT2D eigenvalue weighted by Gasteiger charge is -2.22. The number of hydrogen-bond donors (Lipinski definition) is 2. The molecule has 0 aromatic heterocycles. The fourth-order valence-corrected chi connectivity index (χ4v) is 3.23. The van der Waals surface area contributed by atoms with Gasteiger partial charge in [0, 0.05) is 19.2 Å². The summed E-state index contributed by atoms with van der Waals surface area (Å²) in [5, 5.41) is 20.1. The van der Waals surface area contributed by atoms with E-state index in [9.17, 15) is 23.6 Å². The van der Waals surface area contributed by atoms with E-state index in [1.807, 2.05) is 0 Å². The lowest BCUT2D eigenvalue weighted by molar-refractivity contribution is -0.386. The number of phenolic OH excluding ortho intramolecular Hbond substituents is 1. The Balaban J connectivity index is 2.11. The molecule has 0 bridgehead atoms. The molecule has 0 saturated carbocycles. The summed E-state index contributed by atoms with van der Waals surface area (Å²) in [6.45, 7) is 1.41. The number of nitrogens with one attached hydrogen (secondary N) is 1. The summed E-state index contributed by atoms with van der Waals surface area (Å²) < 4.78 is 31.9. The Hall–Kier alpha value is -1.71. The number of nitrogens with zero attached hydrogens (tertiary/aromatic N) is 1. The third-order valence-corrected chi connectivity index (χ3v) is 4.69. The standard InChI is InChI=1S/C12H16N2O6S/c15-12-4-3-10(6-11(12)14(16)17)21(18,19)13-7-9-2-1-5-20-8-9/h3-4,6,9,13,15H,1-2,5,7-8H2. The van der Waals surface area contributed by atoms with Gasteiger partial charge in [0.25, 0.3) is 0 Å². The molecule has 0 amide bonds. The largest absolute Gasteiger partial charge is 0.502 e. The van der Waals surface area contributed by atoms with Gasteiger partial charge in [-0.05, 0) is 30.9 Å². The van der Waals surface area contributed by atoms with E-state index in [1.165, 1.54) is 0 Å². The normalized spacial score (nSPS) is 19.3. The van der Waals surface area contributed by atoms with Crippen molar-refractivity contribution < 1.29 is 23.2 Å². The number of sulfonamides is 1. The quantitative estimate of drug-likeness (QED) is 0.618. The first-order valence-corrected chi connectivity index (χ1v) is 7.93. The number of rotatable bonds is 5. The van der Waals surface area contributed by atoms with Gasteiger partial charge in [0.05, 0.1) is 16.4 Å². The third kappa shape index (κ3) is 3.90. The zero-order valence-corrected chi connectivity index (χ0v) is 12.0. The molecule has 1 aliphatic heterocycles. The molecule has 1 unspecified atom stereocenters. The summed E-state index contributed by atoms with van der Waals surface area (Å²) in [6, 6.07) is 2.97. The van der Waals surface area contributed by atoms with Crippen LogP contribution < -0.4 is 4.72 Å².